The summed E-state index contributed by atoms with van der Waals surface area (Å²) in [5, 5.41) is 8.51. The number of allylic oxidation sites excluding steroid dienone is 5. The molecule has 0 aliphatic carbocycles. The number of aliphatic hydroxyl groups is 1. The van der Waals surface area contributed by atoms with Crippen LogP contribution in [0.4, 0.5) is 8.78 Å². The van der Waals surface area contributed by atoms with Gasteiger partial charge in [0.2, 0.25) is 0 Å². The fraction of sp³-hybridized carbons (Fsp3) is 0.519. The third-order valence-corrected chi connectivity index (χ3v) is 3.98. The Labute approximate surface area is 189 Å². The Balaban J connectivity index is -0.000000409. The second kappa shape index (κ2) is 26.0. The van der Waals surface area contributed by atoms with Gasteiger partial charge >= 0.3 is 0 Å². The van der Waals surface area contributed by atoms with Crippen molar-refractivity contribution in [3.05, 3.63) is 71.4 Å². The van der Waals surface area contributed by atoms with Crippen molar-refractivity contribution >= 4 is 5.78 Å². The van der Waals surface area contributed by atoms with Crippen LogP contribution in [-0.4, -0.2) is 17.5 Å². The molecule has 4 heteroatoms. The van der Waals surface area contributed by atoms with Gasteiger partial charge in [0.1, 0.15) is 5.82 Å². The van der Waals surface area contributed by atoms with Crippen LogP contribution in [0.5, 0.6) is 0 Å². The van der Waals surface area contributed by atoms with Crippen LogP contribution in [0.25, 0.3) is 0 Å². The summed E-state index contributed by atoms with van der Waals surface area (Å²) in [4.78, 5) is 11.0. The van der Waals surface area contributed by atoms with Gasteiger partial charge in [-0.2, -0.15) is 0 Å². The van der Waals surface area contributed by atoms with Gasteiger partial charge in [0.25, 0.3) is 0 Å². The van der Waals surface area contributed by atoms with Crippen molar-refractivity contribution in [1.29, 1.82) is 0 Å². The second-order valence-electron chi connectivity index (χ2n) is 6.40. The average Bonchev–Trinajstić information content (AvgIpc) is 2.80. The Hall–Kier alpha value is -2.07. The molecule has 0 fully saturated rings. The minimum Gasteiger partial charge on any atom is -0.396 e. The Morgan fingerprint density at radius 1 is 1.06 bits per heavy atom. The lowest BCUT2D eigenvalue weighted by atomic mass is 10.1. The fourth-order valence-electron chi connectivity index (χ4n) is 1.97. The van der Waals surface area contributed by atoms with E-state index in [1.807, 2.05) is 32.9 Å². The van der Waals surface area contributed by atoms with Crippen molar-refractivity contribution in [1.82, 2.24) is 0 Å². The lowest BCUT2D eigenvalue weighted by molar-refractivity contribution is -0.113. The molecule has 0 bridgehead atoms. The van der Waals surface area contributed by atoms with Crippen molar-refractivity contribution in [2.45, 2.75) is 87.0 Å². The van der Waals surface area contributed by atoms with Gasteiger partial charge in [0.05, 0.1) is 6.33 Å². The molecule has 0 unspecified atom stereocenters. The molecule has 0 aliphatic heterocycles. The molecule has 0 spiro atoms. The van der Waals surface area contributed by atoms with Crippen molar-refractivity contribution in [2.75, 3.05) is 6.61 Å². The van der Waals surface area contributed by atoms with E-state index < -0.39 is 0 Å². The predicted octanol–water partition coefficient (Wildman–Crippen LogP) is 8.10. The quantitative estimate of drug-likeness (QED) is 0.240. The molecule has 0 radical (unpaired) electrons. The first-order valence-electron chi connectivity index (χ1n) is 11.4. The number of aliphatic hydroxyl groups excluding tert-OH is 1. The number of carbonyl (C=O) groups is 1. The molecular weight excluding hydrogens is 394 g/mol. The molecule has 0 saturated heterocycles. The van der Waals surface area contributed by atoms with Gasteiger partial charge in [-0.3, -0.25) is 4.79 Å². The standard InChI is InChI=1S/C11H15FO2.C10H13F.C4H10.C2H6/c1-10(14)11(7-5-8-12)6-3-2-4-9-13;1-3-8-5-6-10(11)9(4-2)7-8;1-3-4-2;1-2/h3,5-8,13H,2,4,9H2,1H3;5-7H,3-4H2,1-2H3;3-4H2,1-2H3;1-2H3/b6-3+,8-5+,11-7+;;;. The first-order chi connectivity index (χ1) is 14.9. The number of unbranched alkanes of at least 4 members (excludes halogenated alkanes) is 2. The van der Waals surface area contributed by atoms with Crippen LogP contribution in [-0.2, 0) is 17.6 Å². The van der Waals surface area contributed by atoms with Crippen molar-refractivity contribution in [2.24, 2.45) is 0 Å². The third kappa shape index (κ3) is 21.0. The Morgan fingerprint density at radius 3 is 2.10 bits per heavy atom. The van der Waals surface area contributed by atoms with Crippen LogP contribution in [0.15, 0.2) is 54.4 Å². The zero-order chi connectivity index (χ0) is 24.5. The molecular formula is C27H44F2O2. The van der Waals surface area contributed by atoms with Gasteiger partial charge in [-0.05, 0) is 62.0 Å². The average molecular weight is 439 g/mol. The molecule has 31 heavy (non-hydrogen) atoms. The van der Waals surface area contributed by atoms with E-state index in [9.17, 15) is 13.6 Å². The summed E-state index contributed by atoms with van der Waals surface area (Å²) in [6.45, 7) is 14.0. The summed E-state index contributed by atoms with van der Waals surface area (Å²) in [5.41, 5.74) is 2.49. The summed E-state index contributed by atoms with van der Waals surface area (Å²) in [7, 11) is 0. The highest BCUT2D eigenvalue weighted by atomic mass is 19.1. The molecule has 178 valence electrons. The fourth-order valence-corrected chi connectivity index (χ4v) is 1.97. The summed E-state index contributed by atoms with van der Waals surface area (Å²) >= 11 is 0. The first-order valence-corrected chi connectivity index (χ1v) is 11.4. The SMILES string of the molecule is CC.CC(=O)C(/C=C/CCCO)=C/C=C/F.CCCC.CCc1ccc(F)c(CC)c1. The predicted molar refractivity (Wildman–Crippen MR) is 132 cm³/mol. The maximum Gasteiger partial charge on any atom is 0.159 e. The molecule has 0 amide bonds. The van der Waals surface area contributed by atoms with Gasteiger partial charge < -0.3 is 5.11 Å². The summed E-state index contributed by atoms with van der Waals surface area (Å²) < 4.78 is 24.6. The number of Topliss-reactive ketones (excluding diaryl/α,β-unsaturated/α-hetero) is 1. The van der Waals surface area contributed by atoms with Gasteiger partial charge in [-0.15, -0.1) is 0 Å². The lowest BCUT2D eigenvalue weighted by Gasteiger charge is -2.01. The highest BCUT2D eigenvalue weighted by Gasteiger charge is 1.99. The maximum atomic E-state index is 12.9. The number of hydrogen-bond donors (Lipinski definition) is 1. The third-order valence-electron chi connectivity index (χ3n) is 3.98. The molecule has 0 saturated carbocycles. The monoisotopic (exact) mass is 438 g/mol. The maximum absolute atomic E-state index is 12.9. The molecule has 1 aromatic rings. The minimum absolute atomic E-state index is 0.0790. The van der Waals surface area contributed by atoms with Crippen molar-refractivity contribution < 1.29 is 18.7 Å². The van der Waals surface area contributed by atoms with Crippen LogP contribution < -0.4 is 0 Å². The van der Waals surface area contributed by atoms with Crippen LogP contribution in [0, 0.1) is 5.82 Å². The zero-order valence-corrected chi connectivity index (χ0v) is 20.7. The smallest absolute Gasteiger partial charge is 0.159 e. The normalized spacial score (nSPS) is 10.6. The van der Waals surface area contributed by atoms with Crippen LogP contribution in [0.1, 0.15) is 85.3 Å². The number of aryl methyl sites for hydroxylation is 2. The van der Waals surface area contributed by atoms with Crippen molar-refractivity contribution in [3.63, 3.8) is 0 Å². The number of ketones is 1. The summed E-state index contributed by atoms with van der Waals surface area (Å²) in [6.07, 6.45) is 12.2. The van der Waals surface area contributed by atoms with Crippen molar-refractivity contribution in [3.8, 4) is 0 Å². The van der Waals surface area contributed by atoms with Gasteiger partial charge in [0, 0.05) is 12.2 Å². The molecule has 0 atom stereocenters. The van der Waals surface area contributed by atoms with E-state index >= 15 is 0 Å². The van der Waals surface area contributed by atoms with E-state index in [0.717, 1.165) is 18.4 Å². The number of benzene rings is 1. The highest BCUT2D eigenvalue weighted by molar-refractivity contribution is 5.96. The molecule has 1 N–H and O–H groups in total. The first kappa shape index (κ1) is 33.6. The van der Waals surface area contributed by atoms with E-state index in [1.54, 1.807) is 18.2 Å². The summed E-state index contributed by atoms with van der Waals surface area (Å²) in [6, 6.07) is 5.33. The van der Waals surface area contributed by atoms with Crippen LogP contribution in [0.2, 0.25) is 0 Å². The zero-order valence-electron chi connectivity index (χ0n) is 20.7. The van der Waals surface area contributed by atoms with E-state index in [0.29, 0.717) is 24.7 Å². The van der Waals surface area contributed by atoms with Crippen LogP contribution in [0.3, 0.4) is 0 Å². The van der Waals surface area contributed by atoms with E-state index in [-0.39, 0.29) is 18.2 Å². The molecule has 2 nitrogen and oxygen atoms in total. The van der Waals surface area contributed by atoms with Gasteiger partial charge in [-0.1, -0.05) is 78.7 Å². The molecule has 0 aliphatic rings. The minimum atomic E-state index is -0.108. The summed E-state index contributed by atoms with van der Waals surface area (Å²) in [5.74, 6) is -0.187. The van der Waals surface area contributed by atoms with Crippen LogP contribution >= 0.6 is 0 Å². The Bertz CT molecular complexity index is 630. The second-order valence-corrected chi connectivity index (χ2v) is 6.40. The topological polar surface area (TPSA) is 37.3 Å². The van der Waals surface area contributed by atoms with E-state index in [1.165, 1.54) is 37.5 Å². The number of carbonyl (C=O) groups excluding carboxylic acids is 1. The van der Waals surface area contributed by atoms with E-state index in [2.05, 4.69) is 20.8 Å². The molecule has 0 heterocycles. The highest BCUT2D eigenvalue weighted by Crippen LogP contribution is 2.11. The lowest BCUT2D eigenvalue weighted by Crippen LogP contribution is -1.92. The van der Waals surface area contributed by atoms with E-state index in [4.69, 9.17) is 5.11 Å². The Kier molecular flexibility index (Phi) is 28.1. The largest absolute Gasteiger partial charge is 0.396 e. The van der Waals surface area contributed by atoms with Gasteiger partial charge in [0.15, 0.2) is 5.78 Å². The Morgan fingerprint density at radius 2 is 1.68 bits per heavy atom. The molecule has 1 rings (SSSR count). The number of halogens is 2. The number of hydrogen-bond acceptors (Lipinski definition) is 2. The number of rotatable bonds is 9. The van der Waals surface area contributed by atoms with Gasteiger partial charge in [-0.25, -0.2) is 8.78 Å². The molecule has 1 aromatic carbocycles. The molecule has 0 aromatic heterocycles.